The Morgan fingerprint density at radius 3 is 2.20 bits per heavy atom. The predicted octanol–water partition coefficient (Wildman–Crippen LogP) is 4.61. The quantitative estimate of drug-likeness (QED) is 0.243. The maximum absolute atomic E-state index is 14.2. The first kappa shape index (κ1) is 34.7. The summed E-state index contributed by atoms with van der Waals surface area (Å²) in [7, 11) is 0. The third kappa shape index (κ3) is 12.3. The molecular weight excluding hydrogens is 512 g/mol. The van der Waals surface area contributed by atoms with Gasteiger partial charge < -0.3 is 31.1 Å². The number of alkyl carbamates (subject to hydrolysis) is 1. The van der Waals surface area contributed by atoms with E-state index in [1.165, 1.54) is 4.90 Å². The van der Waals surface area contributed by atoms with Crippen LogP contribution in [0.5, 0.6) is 5.75 Å². The molecule has 5 N–H and O–H groups in total. The van der Waals surface area contributed by atoms with Gasteiger partial charge >= 0.3 is 6.09 Å². The van der Waals surface area contributed by atoms with Crippen LogP contribution in [0, 0.1) is 6.92 Å². The van der Waals surface area contributed by atoms with Gasteiger partial charge in [0.05, 0.1) is 0 Å². The summed E-state index contributed by atoms with van der Waals surface area (Å²) < 4.78 is 5.37. The molecule has 40 heavy (non-hydrogen) atoms. The number of hydrogen-bond donors (Lipinski definition) is 4. The minimum atomic E-state index is -1.19. The molecule has 0 aliphatic heterocycles. The molecule has 1 aromatic rings. The molecular formula is C30H50N4O6. The second kappa shape index (κ2) is 15.5. The molecule has 0 aliphatic carbocycles. The van der Waals surface area contributed by atoms with Gasteiger partial charge in [-0.1, -0.05) is 50.8 Å². The first-order valence-electron chi connectivity index (χ1n) is 14.2. The van der Waals surface area contributed by atoms with Crippen molar-refractivity contribution in [2.24, 2.45) is 5.73 Å². The molecule has 0 saturated carbocycles. The highest BCUT2D eigenvalue weighted by Gasteiger charge is 2.38. The van der Waals surface area contributed by atoms with E-state index in [-0.39, 0.29) is 30.7 Å². The van der Waals surface area contributed by atoms with Crippen molar-refractivity contribution in [3.05, 3.63) is 29.3 Å². The molecule has 0 bridgehead atoms. The summed E-state index contributed by atoms with van der Waals surface area (Å²) in [6.07, 6.45) is 3.43. The van der Waals surface area contributed by atoms with E-state index in [1.54, 1.807) is 45.9 Å². The molecule has 10 heteroatoms. The van der Waals surface area contributed by atoms with Gasteiger partial charge in [-0.15, -0.1) is 0 Å². The predicted molar refractivity (Wildman–Crippen MR) is 156 cm³/mol. The van der Waals surface area contributed by atoms with Crippen molar-refractivity contribution in [2.75, 3.05) is 6.54 Å². The monoisotopic (exact) mass is 562 g/mol. The smallest absolute Gasteiger partial charge is 0.408 e. The first-order chi connectivity index (χ1) is 18.5. The fourth-order valence-electron chi connectivity index (χ4n) is 4.24. The Hall–Kier alpha value is -3.30. The number of nitrogens with two attached hydrogens (primary N) is 1. The van der Waals surface area contributed by atoms with Crippen LogP contribution in [0.25, 0.3) is 0 Å². The van der Waals surface area contributed by atoms with Crippen LogP contribution in [0.3, 0.4) is 0 Å². The topological polar surface area (TPSA) is 151 Å². The van der Waals surface area contributed by atoms with E-state index in [0.29, 0.717) is 12.0 Å². The molecule has 0 aromatic heterocycles. The molecule has 226 valence electrons. The van der Waals surface area contributed by atoms with Crippen LogP contribution < -0.4 is 16.4 Å². The minimum Gasteiger partial charge on any atom is -0.507 e. The van der Waals surface area contributed by atoms with Gasteiger partial charge in [-0.3, -0.25) is 14.4 Å². The summed E-state index contributed by atoms with van der Waals surface area (Å²) >= 11 is 0. The van der Waals surface area contributed by atoms with Gasteiger partial charge in [-0.25, -0.2) is 4.79 Å². The van der Waals surface area contributed by atoms with Gasteiger partial charge in [-0.05, 0) is 66.9 Å². The second-order valence-corrected chi connectivity index (χ2v) is 12.3. The number of carbonyl (C=O) groups excluding carboxylic acids is 4. The minimum absolute atomic E-state index is 0.0762. The average molecular weight is 563 g/mol. The summed E-state index contributed by atoms with van der Waals surface area (Å²) in [5.41, 5.74) is 4.77. The number of phenolic OH excluding ortho intramolecular Hbond substituents is 1. The normalized spacial score (nSPS) is 13.2. The highest BCUT2D eigenvalue weighted by Crippen LogP contribution is 2.33. The fraction of sp³-hybridized carbons (Fsp3) is 0.667. The number of phenols is 1. The molecule has 4 amide bonds. The van der Waals surface area contributed by atoms with E-state index in [1.807, 2.05) is 20.8 Å². The molecule has 0 fully saturated rings. The number of unbranched alkanes of at least 4 members (excludes halogenated alkanes) is 4. The zero-order valence-electron chi connectivity index (χ0n) is 25.6. The Morgan fingerprint density at radius 2 is 1.65 bits per heavy atom. The Morgan fingerprint density at radius 1 is 1.02 bits per heavy atom. The largest absolute Gasteiger partial charge is 0.507 e. The molecule has 0 heterocycles. The number of nitrogens with one attached hydrogen (secondary N) is 2. The number of ether oxygens (including phenoxy) is 1. The van der Waals surface area contributed by atoms with Gasteiger partial charge in [0.15, 0.2) is 0 Å². The number of benzene rings is 1. The molecule has 1 aromatic carbocycles. The van der Waals surface area contributed by atoms with Crippen molar-refractivity contribution < 1.29 is 29.0 Å². The lowest BCUT2D eigenvalue weighted by atomic mass is 9.97. The fourth-order valence-corrected chi connectivity index (χ4v) is 4.24. The van der Waals surface area contributed by atoms with E-state index in [4.69, 9.17) is 10.5 Å². The third-order valence-corrected chi connectivity index (χ3v) is 6.08. The zero-order chi connectivity index (χ0) is 30.7. The maximum Gasteiger partial charge on any atom is 0.408 e. The lowest BCUT2D eigenvalue weighted by Gasteiger charge is -2.36. The number of hydrogen-bond acceptors (Lipinski definition) is 6. The third-order valence-electron chi connectivity index (χ3n) is 6.08. The molecule has 0 saturated heterocycles. The number of aryl methyl sites for hydroxylation is 1. The number of carbonyl (C=O) groups is 4. The van der Waals surface area contributed by atoms with E-state index >= 15 is 0 Å². The van der Waals surface area contributed by atoms with E-state index in [9.17, 15) is 24.3 Å². The first-order valence-corrected chi connectivity index (χ1v) is 14.2. The van der Waals surface area contributed by atoms with Gasteiger partial charge in [0.25, 0.3) is 0 Å². The van der Waals surface area contributed by atoms with Gasteiger partial charge in [0.2, 0.25) is 17.7 Å². The molecule has 2 unspecified atom stereocenters. The number of amides is 4. The molecule has 0 radical (unpaired) electrons. The Kier molecular flexibility index (Phi) is 13.4. The Balaban J connectivity index is 3.61. The van der Waals surface area contributed by atoms with E-state index < -0.39 is 47.0 Å². The molecule has 0 spiro atoms. The summed E-state index contributed by atoms with van der Waals surface area (Å²) in [5, 5.41) is 16.5. The van der Waals surface area contributed by atoms with Crippen LogP contribution in [0.15, 0.2) is 18.2 Å². The van der Waals surface area contributed by atoms with Crippen LogP contribution >= 0.6 is 0 Å². The lowest BCUT2D eigenvalue weighted by molar-refractivity contribution is -0.143. The molecule has 10 nitrogen and oxygen atoms in total. The highest BCUT2D eigenvalue weighted by atomic mass is 16.6. The van der Waals surface area contributed by atoms with Crippen LogP contribution in [0.2, 0.25) is 0 Å². The molecule has 1 rings (SSSR count). The van der Waals surface area contributed by atoms with Crippen molar-refractivity contribution in [3.63, 3.8) is 0 Å². The van der Waals surface area contributed by atoms with Crippen molar-refractivity contribution in [1.82, 2.24) is 15.5 Å². The van der Waals surface area contributed by atoms with Gasteiger partial charge in [0, 0.05) is 24.1 Å². The summed E-state index contributed by atoms with van der Waals surface area (Å²) in [6, 6.07) is 2.68. The van der Waals surface area contributed by atoms with Gasteiger partial charge in [0.1, 0.15) is 23.4 Å². The standard InChI is InChI=1S/C30H50N4O6/c1-9-10-11-12-13-19-34(27(38)22(17-18-23(31)35)32-28(39)40-30(6,7)8)24(26(37)33-29(3,4)5)21-16-14-15-20(2)25(21)36/h14-16,22,24,36H,9-13,17-19H2,1-8H3,(H2,31,35)(H,32,39)(H,33,37). The highest BCUT2D eigenvalue weighted by molar-refractivity contribution is 5.93. The number of primary amides is 1. The summed E-state index contributed by atoms with van der Waals surface area (Å²) in [4.78, 5) is 53.7. The van der Waals surface area contributed by atoms with Crippen LogP contribution in [-0.2, 0) is 19.1 Å². The van der Waals surface area contributed by atoms with E-state index in [0.717, 1.165) is 25.7 Å². The van der Waals surface area contributed by atoms with Crippen molar-refractivity contribution in [2.45, 2.75) is 124 Å². The molecule has 0 aliphatic rings. The van der Waals surface area contributed by atoms with Gasteiger partial charge in [-0.2, -0.15) is 0 Å². The van der Waals surface area contributed by atoms with Crippen LogP contribution in [-0.4, -0.2) is 57.5 Å². The number of para-hydroxylation sites is 1. The van der Waals surface area contributed by atoms with Crippen molar-refractivity contribution in [3.8, 4) is 5.75 Å². The Bertz CT molecular complexity index is 1010. The van der Waals surface area contributed by atoms with Crippen molar-refractivity contribution >= 4 is 23.8 Å². The Labute approximate surface area is 239 Å². The lowest BCUT2D eigenvalue weighted by Crippen LogP contribution is -2.55. The number of aromatic hydroxyl groups is 1. The number of rotatable bonds is 14. The SMILES string of the molecule is CCCCCCCN(C(=O)C(CCC(N)=O)NC(=O)OC(C)(C)C)C(C(=O)NC(C)(C)C)c1cccc(C)c1O. The maximum atomic E-state index is 14.2. The van der Waals surface area contributed by atoms with Crippen LogP contribution in [0.1, 0.15) is 111 Å². The molecule has 2 atom stereocenters. The average Bonchev–Trinajstić information content (AvgIpc) is 2.80. The summed E-state index contributed by atoms with van der Waals surface area (Å²) in [6.45, 7) is 14.6. The summed E-state index contributed by atoms with van der Waals surface area (Å²) in [5.74, 6) is -1.76. The zero-order valence-corrected chi connectivity index (χ0v) is 25.6. The number of nitrogens with zero attached hydrogens (tertiary/aromatic N) is 1. The second-order valence-electron chi connectivity index (χ2n) is 12.3. The van der Waals surface area contributed by atoms with E-state index in [2.05, 4.69) is 17.6 Å². The van der Waals surface area contributed by atoms with Crippen LogP contribution in [0.4, 0.5) is 4.79 Å². The van der Waals surface area contributed by atoms with Crippen molar-refractivity contribution in [1.29, 1.82) is 0 Å².